The first-order valence-electron chi connectivity index (χ1n) is 7.20. The van der Waals surface area contributed by atoms with Crippen LogP contribution in [0.15, 0.2) is 17.7 Å². The Bertz CT molecular complexity index is 656. The summed E-state index contributed by atoms with van der Waals surface area (Å²) in [4.78, 5) is 38.6. The quantitative estimate of drug-likeness (QED) is 0.653. The molecule has 114 valence electrons. The second-order valence-electron chi connectivity index (χ2n) is 5.96. The van der Waals surface area contributed by atoms with Gasteiger partial charge in [0.2, 0.25) is 22.9 Å². The number of amides is 3. The minimum atomic E-state index is -0.839. The molecule has 0 radical (unpaired) electrons. The van der Waals surface area contributed by atoms with Gasteiger partial charge in [-0.1, -0.05) is 23.5 Å². The Balaban J connectivity index is 1.54. The zero-order chi connectivity index (χ0) is 15.4. The molecule has 3 amide bonds. The molecule has 1 aromatic rings. The van der Waals surface area contributed by atoms with E-state index in [4.69, 9.17) is 0 Å². The van der Waals surface area contributed by atoms with Crippen LogP contribution in [0.25, 0.3) is 0 Å². The van der Waals surface area contributed by atoms with Gasteiger partial charge in [0, 0.05) is 0 Å². The van der Waals surface area contributed by atoms with Crippen LogP contribution in [0.1, 0.15) is 13.3 Å². The molecule has 1 saturated carbocycles. The number of likely N-dealkylation sites (tertiary alicyclic amines) is 1. The fourth-order valence-corrected chi connectivity index (χ4v) is 4.31. The molecule has 1 aliphatic heterocycles. The first kappa shape index (κ1) is 13.6. The molecule has 8 heteroatoms. The summed E-state index contributed by atoms with van der Waals surface area (Å²) in [7, 11) is 0. The van der Waals surface area contributed by atoms with Crippen LogP contribution < -0.4 is 5.32 Å². The van der Waals surface area contributed by atoms with Crippen LogP contribution >= 0.6 is 11.3 Å². The number of nitrogens with one attached hydrogen (secondary N) is 1. The fourth-order valence-electron chi connectivity index (χ4n) is 3.86. The van der Waals surface area contributed by atoms with E-state index in [1.807, 2.05) is 12.2 Å². The van der Waals surface area contributed by atoms with Gasteiger partial charge in [-0.05, 0) is 25.2 Å². The van der Waals surface area contributed by atoms with Gasteiger partial charge in [0.25, 0.3) is 0 Å². The zero-order valence-electron chi connectivity index (χ0n) is 11.8. The van der Waals surface area contributed by atoms with Gasteiger partial charge in [0.15, 0.2) is 0 Å². The van der Waals surface area contributed by atoms with Crippen LogP contribution in [0.2, 0.25) is 0 Å². The molecule has 0 aromatic carbocycles. The van der Waals surface area contributed by atoms with E-state index in [0.29, 0.717) is 5.13 Å². The molecule has 1 aromatic heterocycles. The molecule has 2 aliphatic carbocycles. The Hall–Kier alpha value is -2.09. The van der Waals surface area contributed by atoms with Crippen molar-refractivity contribution in [2.24, 2.45) is 23.7 Å². The minimum Gasteiger partial charge on any atom is -0.299 e. The maximum atomic E-state index is 12.6. The molecular weight excluding hydrogens is 304 g/mol. The lowest BCUT2D eigenvalue weighted by Crippen LogP contribution is -2.46. The fraction of sp³-hybridized carbons (Fsp3) is 0.500. The lowest BCUT2D eigenvalue weighted by molar-refractivity contribution is -0.146. The number of hydrogen-bond donors (Lipinski definition) is 1. The lowest BCUT2D eigenvalue weighted by Gasteiger charge is -2.23. The van der Waals surface area contributed by atoms with Crippen molar-refractivity contribution in [3.63, 3.8) is 0 Å². The molecule has 5 atom stereocenters. The third-order valence-electron chi connectivity index (χ3n) is 4.86. The molecule has 2 heterocycles. The molecule has 0 unspecified atom stereocenters. The molecule has 1 N–H and O–H groups in total. The van der Waals surface area contributed by atoms with Crippen molar-refractivity contribution >= 4 is 34.2 Å². The monoisotopic (exact) mass is 318 g/mol. The Morgan fingerprint density at radius 2 is 1.95 bits per heavy atom. The number of fused-ring (bicyclic) bond motifs is 5. The van der Waals surface area contributed by atoms with Gasteiger partial charge in [-0.2, -0.15) is 0 Å². The number of allylic oxidation sites excluding steroid dienone is 2. The van der Waals surface area contributed by atoms with Crippen LogP contribution in [0.5, 0.6) is 0 Å². The summed E-state index contributed by atoms with van der Waals surface area (Å²) >= 11 is 1.19. The largest absolute Gasteiger partial charge is 0.299 e. The van der Waals surface area contributed by atoms with E-state index >= 15 is 0 Å². The highest BCUT2D eigenvalue weighted by atomic mass is 32.1. The van der Waals surface area contributed by atoms with Crippen molar-refractivity contribution in [3.05, 3.63) is 17.7 Å². The van der Waals surface area contributed by atoms with E-state index in [1.165, 1.54) is 16.8 Å². The SMILES string of the molecule is C[C@H](C(=O)Nc1nncs1)N1C(=O)[C@@H]2[C@@H](C1=O)[C@H]1C=C[C@H]2C1. The van der Waals surface area contributed by atoms with Gasteiger partial charge < -0.3 is 0 Å². The molecule has 4 rings (SSSR count). The van der Waals surface area contributed by atoms with E-state index in [2.05, 4.69) is 15.5 Å². The number of imide groups is 1. The molecule has 2 fully saturated rings. The van der Waals surface area contributed by atoms with Crippen molar-refractivity contribution in [1.29, 1.82) is 0 Å². The number of carbonyl (C=O) groups is 3. The first-order chi connectivity index (χ1) is 10.6. The summed E-state index contributed by atoms with van der Waals surface area (Å²) in [6.07, 6.45) is 4.95. The smallest absolute Gasteiger partial charge is 0.249 e. The number of hydrogen-bond acceptors (Lipinski definition) is 6. The highest BCUT2D eigenvalue weighted by Crippen LogP contribution is 2.52. The third-order valence-corrected chi connectivity index (χ3v) is 5.47. The topological polar surface area (TPSA) is 92.3 Å². The number of aromatic nitrogens is 2. The van der Waals surface area contributed by atoms with Gasteiger partial charge in [0.05, 0.1) is 11.8 Å². The highest BCUT2D eigenvalue weighted by Gasteiger charge is 2.60. The van der Waals surface area contributed by atoms with Crippen molar-refractivity contribution in [2.75, 3.05) is 5.32 Å². The van der Waals surface area contributed by atoms with E-state index in [0.717, 1.165) is 11.3 Å². The average Bonchev–Trinajstić information content (AvgIpc) is 3.24. The number of carbonyl (C=O) groups excluding carboxylic acids is 3. The first-order valence-corrected chi connectivity index (χ1v) is 8.08. The van der Waals surface area contributed by atoms with Gasteiger partial charge in [0.1, 0.15) is 11.6 Å². The molecule has 0 spiro atoms. The van der Waals surface area contributed by atoms with E-state index in [-0.39, 0.29) is 35.5 Å². The molecule has 3 aliphatic rings. The summed E-state index contributed by atoms with van der Waals surface area (Å²) in [5, 5.41) is 10.3. The van der Waals surface area contributed by atoms with Gasteiger partial charge >= 0.3 is 0 Å². The van der Waals surface area contributed by atoms with Crippen LogP contribution in [0.4, 0.5) is 5.13 Å². The number of nitrogens with zero attached hydrogens (tertiary/aromatic N) is 3. The maximum Gasteiger partial charge on any atom is 0.249 e. The van der Waals surface area contributed by atoms with Gasteiger partial charge in [-0.15, -0.1) is 10.2 Å². The molecule has 7 nitrogen and oxygen atoms in total. The highest BCUT2D eigenvalue weighted by molar-refractivity contribution is 7.13. The Morgan fingerprint density at radius 3 is 2.50 bits per heavy atom. The Morgan fingerprint density at radius 1 is 1.32 bits per heavy atom. The molecule has 22 heavy (non-hydrogen) atoms. The lowest BCUT2D eigenvalue weighted by atomic mass is 9.85. The van der Waals surface area contributed by atoms with Gasteiger partial charge in [-0.25, -0.2) is 0 Å². The van der Waals surface area contributed by atoms with Crippen LogP contribution in [-0.2, 0) is 14.4 Å². The number of rotatable bonds is 3. The summed E-state index contributed by atoms with van der Waals surface area (Å²) in [6, 6.07) is -0.839. The molecule has 2 bridgehead atoms. The predicted octanol–water partition coefficient (Wildman–Crippen LogP) is 0.672. The normalized spacial score (nSPS) is 33.4. The minimum absolute atomic E-state index is 0.148. The van der Waals surface area contributed by atoms with Crippen molar-refractivity contribution in [2.45, 2.75) is 19.4 Å². The van der Waals surface area contributed by atoms with Crippen molar-refractivity contribution < 1.29 is 14.4 Å². The van der Waals surface area contributed by atoms with Crippen LogP contribution in [0.3, 0.4) is 0 Å². The van der Waals surface area contributed by atoms with Crippen molar-refractivity contribution in [3.8, 4) is 0 Å². The summed E-state index contributed by atoms with van der Waals surface area (Å²) < 4.78 is 0. The third kappa shape index (κ3) is 1.76. The summed E-state index contributed by atoms with van der Waals surface area (Å²) in [6.45, 7) is 1.57. The van der Waals surface area contributed by atoms with E-state index in [1.54, 1.807) is 6.92 Å². The van der Waals surface area contributed by atoms with Crippen LogP contribution in [-0.4, -0.2) is 38.9 Å². The van der Waals surface area contributed by atoms with E-state index in [9.17, 15) is 14.4 Å². The maximum absolute atomic E-state index is 12.6. The van der Waals surface area contributed by atoms with Crippen LogP contribution in [0, 0.1) is 23.7 Å². The number of anilines is 1. The Kier molecular flexibility index (Phi) is 2.90. The second-order valence-corrected chi connectivity index (χ2v) is 6.79. The predicted molar refractivity (Wildman–Crippen MR) is 77.6 cm³/mol. The second kappa shape index (κ2) is 4.70. The molecular formula is C14H14N4O3S. The van der Waals surface area contributed by atoms with E-state index < -0.39 is 11.9 Å². The molecule has 1 saturated heterocycles. The van der Waals surface area contributed by atoms with Crippen molar-refractivity contribution in [1.82, 2.24) is 15.1 Å². The summed E-state index contributed by atoms with van der Waals surface area (Å²) in [5.41, 5.74) is 1.50. The van der Waals surface area contributed by atoms with Gasteiger partial charge in [-0.3, -0.25) is 24.6 Å². The average molecular weight is 318 g/mol. The Labute approximate surface area is 130 Å². The summed E-state index contributed by atoms with van der Waals surface area (Å²) in [5.74, 6) is -1.11. The zero-order valence-corrected chi connectivity index (χ0v) is 12.6. The standard InChI is InChI=1S/C14H14N4O3S/c1-6(11(19)16-14-17-15-5-22-14)18-12(20)9-7-2-3-8(4-7)10(9)13(18)21/h2-3,5-10H,4H2,1H3,(H,16,17,19)/t6-,7+,8+,9+,10+/m1/s1.